The molecule has 1 N–H and O–H groups in total. The summed E-state index contributed by atoms with van der Waals surface area (Å²) in [6, 6.07) is 0. The van der Waals surface area contributed by atoms with Crippen molar-refractivity contribution < 1.29 is 14.6 Å². The molecule has 0 radical (unpaired) electrons. The van der Waals surface area contributed by atoms with Crippen molar-refractivity contribution in [1.29, 1.82) is 0 Å². The summed E-state index contributed by atoms with van der Waals surface area (Å²) >= 11 is 0. The highest BCUT2D eigenvalue weighted by molar-refractivity contribution is 5.48. The van der Waals surface area contributed by atoms with Gasteiger partial charge in [0.1, 0.15) is 6.29 Å². The van der Waals surface area contributed by atoms with Crippen LogP contribution in [-0.4, -0.2) is 30.2 Å². The van der Waals surface area contributed by atoms with Crippen LogP contribution in [0.4, 0.5) is 0 Å². The quantitative estimate of drug-likeness (QED) is 0.532. The number of rotatable bonds is 5. The highest BCUT2D eigenvalue weighted by Gasteiger charge is 2.47. The van der Waals surface area contributed by atoms with E-state index in [0.717, 1.165) is 32.0 Å². The molecule has 0 unspecified atom stereocenters. The van der Waals surface area contributed by atoms with Gasteiger partial charge < -0.3 is 14.6 Å². The van der Waals surface area contributed by atoms with Crippen LogP contribution in [0.15, 0.2) is 0 Å². The predicted octanol–water partition coefficient (Wildman–Crippen LogP) is 1.14. The largest absolute Gasteiger partial charge is 0.396 e. The molecule has 0 aliphatic carbocycles. The van der Waals surface area contributed by atoms with E-state index in [1.54, 1.807) is 0 Å². The van der Waals surface area contributed by atoms with Gasteiger partial charge in [0.2, 0.25) is 0 Å². The lowest BCUT2D eigenvalue weighted by molar-refractivity contribution is -0.108. The molecule has 3 nitrogen and oxygen atoms in total. The summed E-state index contributed by atoms with van der Waals surface area (Å²) < 4.78 is 5.77. The minimum atomic E-state index is 0.243. The van der Waals surface area contributed by atoms with Crippen molar-refractivity contribution in [3.8, 4) is 0 Å². The van der Waals surface area contributed by atoms with Crippen molar-refractivity contribution in [3.63, 3.8) is 0 Å². The van der Waals surface area contributed by atoms with Crippen LogP contribution in [-0.2, 0) is 9.53 Å². The molecule has 2 aliphatic heterocycles. The molecule has 2 aliphatic rings. The van der Waals surface area contributed by atoms with Gasteiger partial charge in [0.15, 0.2) is 0 Å². The molecule has 2 saturated heterocycles. The third-order valence-electron chi connectivity index (χ3n) is 3.66. The first-order valence-corrected chi connectivity index (χ1v) is 5.56. The average molecular weight is 198 g/mol. The Morgan fingerprint density at radius 3 is 2.64 bits per heavy atom. The van der Waals surface area contributed by atoms with Gasteiger partial charge in [0.25, 0.3) is 0 Å². The SMILES string of the molecule is O=CCCC[C@H]1[C@@H](CO)[C@H]2CC[C@@H]1O2. The number of carbonyl (C=O) groups excluding carboxylic acids is 1. The third kappa shape index (κ3) is 1.71. The van der Waals surface area contributed by atoms with E-state index in [0.29, 0.717) is 30.5 Å². The minimum Gasteiger partial charge on any atom is -0.396 e. The fraction of sp³-hybridized carbons (Fsp3) is 0.909. The maximum Gasteiger partial charge on any atom is 0.119 e. The van der Waals surface area contributed by atoms with Gasteiger partial charge in [-0.25, -0.2) is 0 Å². The first-order chi connectivity index (χ1) is 6.86. The molecule has 0 aromatic heterocycles. The van der Waals surface area contributed by atoms with Crippen molar-refractivity contribution in [2.45, 2.75) is 44.3 Å². The molecule has 0 aromatic rings. The molecular weight excluding hydrogens is 180 g/mol. The molecule has 3 heteroatoms. The second kappa shape index (κ2) is 4.41. The molecule has 0 aromatic carbocycles. The molecule has 2 heterocycles. The molecule has 0 amide bonds. The molecular formula is C11H18O3. The van der Waals surface area contributed by atoms with Crippen LogP contribution in [0.3, 0.4) is 0 Å². The Morgan fingerprint density at radius 2 is 2.00 bits per heavy atom. The second-order valence-corrected chi connectivity index (χ2v) is 4.40. The lowest BCUT2D eigenvalue weighted by Crippen LogP contribution is -2.29. The van der Waals surface area contributed by atoms with Gasteiger partial charge in [-0.15, -0.1) is 0 Å². The van der Waals surface area contributed by atoms with Crippen LogP contribution in [0.25, 0.3) is 0 Å². The van der Waals surface area contributed by atoms with E-state index in [1.807, 2.05) is 0 Å². The van der Waals surface area contributed by atoms with Crippen molar-refractivity contribution in [2.75, 3.05) is 6.61 Å². The Labute approximate surface area is 84.4 Å². The molecule has 0 saturated carbocycles. The van der Waals surface area contributed by atoms with Gasteiger partial charge in [-0.05, 0) is 31.6 Å². The smallest absolute Gasteiger partial charge is 0.119 e. The molecule has 2 bridgehead atoms. The van der Waals surface area contributed by atoms with Crippen LogP contribution < -0.4 is 0 Å². The van der Waals surface area contributed by atoms with E-state index in [4.69, 9.17) is 4.74 Å². The number of carbonyl (C=O) groups is 1. The van der Waals surface area contributed by atoms with Gasteiger partial charge in [0.05, 0.1) is 12.2 Å². The number of aliphatic hydroxyl groups excluding tert-OH is 1. The summed E-state index contributed by atoms with van der Waals surface area (Å²) in [5.74, 6) is 0.833. The summed E-state index contributed by atoms with van der Waals surface area (Å²) in [6.45, 7) is 0.243. The lowest BCUT2D eigenvalue weighted by Gasteiger charge is -2.25. The number of unbranched alkanes of at least 4 members (excludes halogenated alkanes) is 1. The molecule has 14 heavy (non-hydrogen) atoms. The highest BCUT2D eigenvalue weighted by atomic mass is 16.5. The zero-order valence-electron chi connectivity index (χ0n) is 8.39. The van der Waals surface area contributed by atoms with E-state index < -0.39 is 0 Å². The lowest BCUT2D eigenvalue weighted by atomic mass is 9.77. The van der Waals surface area contributed by atoms with Crippen molar-refractivity contribution in [3.05, 3.63) is 0 Å². The Morgan fingerprint density at radius 1 is 1.29 bits per heavy atom. The topological polar surface area (TPSA) is 46.5 Å². The van der Waals surface area contributed by atoms with Crippen molar-refractivity contribution >= 4 is 6.29 Å². The normalized spacial score (nSPS) is 40.4. The van der Waals surface area contributed by atoms with Gasteiger partial charge in [-0.1, -0.05) is 0 Å². The molecule has 4 atom stereocenters. The second-order valence-electron chi connectivity index (χ2n) is 4.40. The first-order valence-electron chi connectivity index (χ1n) is 5.56. The van der Waals surface area contributed by atoms with Gasteiger partial charge in [-0.3, -0.25) is 0 Å². The Kier molecular flexibility index (Phi) is 3.19. The fourth-order valence-electron chi connectivity index (χ4n) is 2.96. The maximum atomic E-state index is 10.2. The predicted molar refractivity (Wildman–Crippen MR) is 51.9 cm³/mol. The Hall–Kier alpha value is -0.410. The van der Waals surface area contributed by atoms with E-state index in [9.17, 15) is 9.90 Å². The van der Waals surface area contributed by atoms with E-state index in [1.165, 1.54) is 0 Å². The number of ether oxygens (including phenoxy) is 1. The molecule has 2 fully saturated rings. The Balaban J connectivity index is 1.86. The van der Waals surface area contributed by atoms with Crippen molar-refractivity contribution in [2.24, 2.45) is 11.8 Å². The van der Waals surface area contributed by atoms with Crippen LogP contribution in [0.5, 0.6) is 0 Å². The fourth-order valence-corrected chi connectivity index (χ4v) is 2.96. The highest BCUT2D eigenvalue weighted by Crippen LogP contribution is 2.45. The third-order valence-corrected chi connectivity index (χ3v) is 3.66. The van der Waals surface area contributed by atoms with E-state index in [2.05, 4.69) is 0 Å². The Bertz CT molecular complexity index is 205. The van der Waals surface area contributed by atoms with Crippen LogP contribution in [0.2, 0.25) is 0 Å². The summed E-state index contributed by atoms with van der Waals surface area (Å²) in [7, 11) is 0. The first kappa shape index (κ1) is 10.1. The number of aliphatic hydroxyl groups is 1. The van der Waals surface area contributed by atoms with Crippen LogP contribution in [0, 0.1) is 11.8 Å². The summed E-state index contributed by atoms with van der Waals surface area (Å²) in [4.78, 5) is 10.2. The average Bonchev–Trinajstić information content (AvgIpc) is 2.78. The maximum absolute atomic E-state index is 10.2. The number of hydrogen-bond acceptors (Lipinski definition) is 3. The van der Waals surface area contributed by atoms with Gasteiger partial charge in [-0.2, -0.15) is 0 Å². The van der Waals surface area contributed by atoms with Gasteiger partial charge in [0, 0.05) is 18.9 Å². The standard InChI is InChI=1S/C11H18O3/c12-6-2-1-3-8-9(7-13)11-5-4-10(8)14-11/h6,8-11,13H,1-5,7H2/t8-,9+,10-,11+/m0/s1. The monoisotopic (exact) mass is 198 g/mol. The van der Waals surface area contributed by atoms with E-state index in [-0.39, 0.29) is 6.61 Å². The molecule has 2 rings (SSSR count). The van der Waals surface area contributed by atoms with E-state index >= 15 is 0 Å². The number of aldehydes is 1. The minimum absolute atomic E-state index is 0.243. The molecule has 80 valence electrons. The zero-order chi connectivity index (χ0) is 9.97. The summed E-state index contributed by atoms with van der Waals surface area (Å²) in [5.41, 5.74) is 0. The number of fused-ring (bicyclic) bond motifs is 2. The van der Waals surface area contributed by atoms with Crippen molar-refractivity contribution in [1.82, 2.24) is 0 Å². The van der Waals surface area contributed by atoms with Crippen LogP contribution in [0.1, 0.15) is 32.1 Å². The van der Waals surface area contributed by atoms with Gasteiger partial charge >= 0.3 is 0 Å². The summed E-state index contributed by atoms with van der Waals surface area (Å²) in [5, 5.41) is 9.27. The van der Waals surface area contributed by atoms with Crippen LogP contribution >= 0.6 is 0 Å². The zero-order valence-corrected chi connectivity index (χ0v) is 8.39. The number of hydrogen-bond donors (Lipinski definition) is 1. The molecule has 0 spiro atoms. The summed E-state index contributed by atoms with van der Waals surface area (Å²) in [6.07, 6.45) is 6.51.